The smallest absolute Gasteiger partial charge is 0.254 e. The fourth-order valence-corrected chi connectivity index (χ4v) is 3.55. The number of aromatic nitrogens is 7. The van der Waals surface area contributed by atoms with Crippen LogP contribution in [-0.2, 0) is 0 Å². The van der Waals surface area contributed by atoms with E-state index >= 15 is 0 Å². The van der Waals surface area contributed by atoms with Crippen molar-refractivity contribution in [3.05, 3.63) is 55.1 Å². The van der Waals surface area contributed by atoms with E-state index in [0.717, 1.165) is 43.0 Å². The van der Waals surface area contributed by atoms with Gasteiger partial charge in [-0.25, -0.2) is 9.67 Å². The lowest BCUT2D eigenvalue weighted by Crippen LogP contribution is -2.36. The van der Waals surface area contributed by atoms with E-state index in [0.29, 0.717) is 11.8 Å². The molecular formula is C18H18N8. The van der Waals surface area contributed by atoms with Gasteiger partial charge in [-0.05, 0) is 12.8 Å². The van der Waals surface area contributed by atoms with Crippen molar-refractivity contribution in [1.29, 1.82) is 0 Å². The van der Waals surface area contributed by atoms with Crippen LogP contribution in [-0.4, -0.2) is 47.7 Å². The molecule has 1 saturated heterocycles. The fraction of sp³-hybridized carbons (Fsp3) is 0.278. The summed E-state index contributed by atoms with van der Waals surface area (Å²) in [7, 11) is 0. The lowest BCUT2D eigenvalue weighted by Gasteiger charge is -2.33. The van der Waals surface area contributed by atoms with E-state index in [4.69, 9.17) is 0 Å². The van der Waals surface area contributed by atoms with Gasteiger partial charge in [0.05, 0.1) is 17.9 Å². The van der Waals surface area contributed by atoms with Crippen LogP contribution in [0.4, 0.5) is 5.82 Å². The van der Waals surface area contributed by atoms with Gasteiger partial charge in [0.15, 0.2) is 0 Å². The number of piperidine rings is 1. The normalized spacial score (nSPS) is 15.6. The maximum Gasteiger partial charge on any atom is 0.254 e. The van der Waals surface area contributed by atoms with Crippen molar-refractivity contribution >= 4 is 11.6 Å². The van der Waals surface area contributed by atoms with Crippen molar-refractivity contribution in [2.45, 2.75) is 18.9 Å². The largest absolute Gasteiger partial charge is 0.356 e. The molecule has 0 radical (unpaired) electrons. The summed E-state index contributed by atoms with van der Waals surface area (Å²) in [5.41, 5.74) is 2.00. The van der Waals surface area contributed by atoms with Gasteiger partial charge in [-0.2, -0.15) is 14.6 Å². The Morgan fingerprint density at radius 2 is 1.88 bits per heavy atom. The summed E-state index contributed by atoms with van der Waals surface area (Å²) < 4.78 is 3.78. The maximum absolute atomic E-state index is 4.66. The summed E-state index contributed by atoms with van der Waals surface area (Å²) in [6, 6.07) is 12.7. The minimum absolute atomic E-state index is 0.399. The fourth-order valence-electron chi connectivity index (χ4n) is 3.55. The first-order chi connectivity index (χ1) is 12.9. The Hall–Kier alpha value is -3.29. The van der Waals surface area contributed by atoms with Gasteiger partial charge in [0, 0.05) is 30.9 Å². The zero-order chi connectivity index (χ0) is 17.3. The molecule has 1 fully saturated rings. The molecule has 4 heterocycles. The summed E-state index contributed by atoms with van der Waals surface area (Å²) in [4.78, 5) is 11.3. The molecular weight excluding hydrogens is 328 g/mol. The van der Waals surface area contributed by atoms with E-state index in [2.05, 4.69) is 48.5 Å². The summed E-state index contributed by atoms with van der Waals surface area (Å²) in [5, 5.41) is 12.4. The van der Waals surface area contributed by atoms with E-state index < -0.39 is 0 Å². The zero-order valence-electron chi connectivity index (χ0n) is 14.2. The minimum Gasteiger partial charge on any atom is -0.356 e. The van der Waals surface area contributed by atoms with Crippen LogP contribution in [0.3, 0.4) is 0 Å². The Bertz CT molecular complexity index is 1000. The molecule has 1 aliphatic heterocycles. The van der Waals surface area contributed by atoms with E-state index in [-0.39, 0.29) is 0 Å². The van der Waals surface area contributed by atoms with E-state index in [1.807, 2.05) is 33.6 Å². The van der Waals surface area contributed by atoms with Crippen molar-refractivity contribution in [3.8, 4) is 11.3 Å². The Labute approximate surface area is 150 Å². The predicted molar refractivity (Wildman–Crippen MR) is 96.7 cm³/mol. The van der Waals surface area contributed by atoms with Crippen LogP contribution in [0.2, 0.25) is 0 Å². The topological polar surface area (TPSA) is 77.0 Å². The van der Waals surface area contributed by atoms with Gasteiger partial charge < -0.3 is 4.90 Å². The molecule has 5 rings (SSSR count). The van der Waals surface area contributed by atoms with Crippen LogP contribution in [0.25, 0.3) is 17.0 Å². The van der Waals surface area contributed by atoms with Crippen LogP contribution >= 0.6 is 0 Å². The highest BCUT2D eigenvalue weighted by Gasteiger charge is 2.23. The van der Waals surface area contributed by atoms with E-state index in [1.165, 1.54) is 0 Å². The van der Waals surface area contributed by atoms with Crippen molar-refractivity contribution in [3.63, 3.8) is 0 Å². The molecule has 0 saturated carbocycles. The minimum atomic E-state index is 0.399. The highest BCUT2D eigenvalue weighted by molar-refractivity contribution is 5.65. The monoisotopic (exact) mass is 346 g/mol. The summed E-state index contributed by atoms with van der Waals surface area (Å²) in [6.07, 6.45) is 7.27. The van der Waals surface area contributed by atoms with Crippen LogP contribution in [0, 0.1) is 0 Å². The Kier molecular flexibility index (Phi) is 3.59. The number of benzene rings is 1. The van der Waals surface area contributed by atoms with Gasteiger partial charge >= 0.3 is 0 Å². The molecule has 8 heteroatoms. The lowest BCUT2D eigenvalue weighted by molar-refractivity contribution is 0.358. The molecule has 0 unspecified atom stereocenters. The van der Waals surface area contributed by atoms with Gasteiger partial charge in [0.2, 0.25) is 0 Å². The zero-order valence-corrected chi connectivity index (χ0v) is 14.2. The Morgan fingerprint density at radius 3 is 2.65 bits per heavy atom. The Morgan fingerprint density at radius 1 is 1.04 bits per heavy atom. The van der Waals surface area contributed by atoms with Crippen molar-refractivity contribution in [2.75, 3.05) is 18.0 Å². The average Bonchev–Trinajstić information content (AvgIpc) is 3.40. The maximum atomic E-state index is 4.66. The molecule has 8 nitrogen and oxygen atoms in total. The molecule has 0 bridgehead atoms. The van der Waals surface area contributed by atoms with Gasteiger partial charge in [-0.3, -0.25) is 0 Å². The second-order valence-corrected chi connectivity index (χ2v) is 6.44. The predicted octanol–water partition coefficient (Wildman–Crippen LogP) is 2.22. The molecule has 0 aliphatic carbocycles. The van der Waals surface area contributed by atoms with Crippen LogP contribution < -0.4 is 4.90 Å². The molecule has 130 valence electrons. The second kappa shape index (κ2) is 6.21. The second-order valence-electron chi connectivity index (χ2n) is 6.44. The van der Waals surface area contributed by atoms with Gasteiger partial charge in [-0.1, -0.05) is 35.5 Å². The molecule has 0 amide bonds. The molecule has 26 heavy (non-hydrogen) atoms. The van der Waals surface area contributed by atoms with Crippen molar-refractivity contribution in [1.82, 2.24) is 34.6 Å². The van der Waals surface area contributed by atoms with Crippen LogP contribution in [0.5, 0.6) is 0 Å². The Balaban J connectivity index is 1.48. The first-order valence-corrected chi connectivity index (χ1v) is 8.75. The SMILES string of the molecule is c1ccc(-c2cc(N3CCC(n4ccnn4)CC3)n3ncnc3n2)cc1. The first-order valence-electron chi connectivity index (χ1n) is 8.75. The molecule has 0 N–H and O–H groups in total. The lowest BCUT2D eigenvalue weighted by atomic mass is 10.1. The summed E-state index contributed by atoms with van der Waals surface area (Å²) in [5.74, 6) is 1.66. The third-order valence-corrected chi connectivity index (χ3v) is 4.91. The number of fused-ring (bicyclic) bond motifs is 1. The highest BCUT2D eigenvalue weighted by atomic mass is 15.4. The molecule has 1 aromatic carbocycles. The van der Waals surface area contributed by atoms with Crippen molar-refractivity contribution < 1.29 is 0 Å². The standard InChI is InChI=1S/C18H18N8/c1-2-4-14(5-3-1)16-12-17(26-18(22-16)19-13-21-26)24-9-6-15(7-10-24)25-11-8-20-23-25/h1-5,8,11-13,15H,6-7,9-10H2. The molecule has 0 atom stereocenters. The molecule has 3 aromatic heterocycles. The van der Waals surface area contributed by atoms with Gasteiger partial charge in [-0.15, -0.1) is 5.10 Å². The summed E-state index contributed by atoms with van der Waals surface area (Å²) in [6.45, 7) is 1.86. The number of rotatable bonds is 3. The first kappa shape index (κ1) is 15.0. The number of nitrogens with zero attached hydrogens (tertiary/aromatic N) is 8. The van der Waals surface area contributed by atoms with Crippen LogP contribution in [0.15, 0.2) is 55.1 Å². The average molecular weight is 346 g/mol. The highest BCUT2D eigenvalue weighted by Crippen LogP contribution is 2.28. The number of hydrogen-bond donors (Lipinski definition) is 0. The third-order valence-electron chi connectivity index (χ3n) is 4.91. The summed E-state index contributed by atoms with van der Waals surface area (Å²) >= 11 is 0. The quantitative estimate of drug-likeness (QED) is 0.566. The van der Waals surface area contributed by atoms with Gasteiger partial charge in [0.1, 0.15) is 12.1 Å². The molecule has 4 aromatic rings. The van der Waals surface area contributed by atoms with Gasteiger partial charge in [0.25, 0.3) is 5.78 Å². The van der Waals surface area contributed by atoms with Crippen LogP contribution in [0.1, 0.15) is 18.9 Å². The van der Waals surface area contributed by atoms with E-state index in [1.54, 1.807) is 12.5 Å². The third kappa shape index (κ3) is 2.59. The molecule has 0 spiro atoms. The van der Waals surface area contributed by atoms with Crippen molar-refractivity contribution in [2.24, 2.45) is 0 Å². The molecule has 1 aliphatic rings. The number of hydrogen-bond acceptors (Lipinski definition) is 6. The van der Waals surface area contributed by atoms with E-state index in [9.17, 15) is 0 Å². The number of anilines is 1.